The monoisotopic (exact) mass is 812 g/mol. The van der Waals surface area contributed by atoms with E-state index in [9.17, 15) is 28.8 Å². The highest BCUT2D eigenvalue weighted by molar-refractivity contribution is 7.15. The molecular weight excluding hydrogens is 772 g/mol. The molecule has 0 bridgehead atoms. The summed E-state index contributed by atoms with van der Waals surface area (Å²) in [6.45, 7) is 6.58. The molecule has 15 nitrogen and oxygen atoms in total. The van der Waals surface area contributed by atoms with Gasteiger partial charge in [-0.25, -0.2) is 0 Å². The molecule has 0 saturated carbocycles. The van der Waals surface area contributed by atoms with Gasteiger partial charge in [0.1, 0.15) is 28.7 Å². The van der Waals surface area contributed by atoms with Gasteiger partial charge in [0.25, 0.3) is 17.7 Å². The number of piperidine rings is 1. The van der Waals surface area contributed by atoms with Gasteiger partial charge in [0.2, 0.25) is 17.7 Å². The van der Waals surface area contributed by atoms with Gasteiger partial charge in [-0.3, -0.25) is 48.5 Å². The van der Waals surface area contributed by atoms with Crippen molar-refractivity contribution in [2.24, 2.45) is 4.99 Å². The van der Waals surface area contributed by atoms with Crippen molar-refractivity contribution in [1.29, 1.82) is 0 Å². The maximum absolute atomic E-state index is 13.3. The van der Waals surface area contributed by atoms with Gasteiger partial charge in [0.05, 0.1) is 23.3 Å². The number of carbonyl (C=O) groups is 6. The summed E-state index contributed by atoms with van der Waals surface area (Å²) < 4.78 is 7.67. The molecular formula is C40H41ClN8O7S. The van der Waals surface area contributed by atoms with E-state index in [4.69, 9.17) is 21.3 Å². The molecule has 3 N–H and O–H groups in total. The molecule has 2 aromatic carbocycles. The fourth-order valence-electron chi connectivity index (χ4n) is 7.24. The Morgan fingerprint density at radius 2 is 1.63 bits per heavy atom. The number of imide groups is 2. The zero-order valence-electron chi connectivity index (χ0n) is 31.6. The molecule has 5 heterocycles. The third-order valence-corrected chi connectivity index (χ3v) is 11.7. The molecule has 0 spiro atoms. The molecule has 2 atom stereocenters. The standard InChI is InChI=1S/C40H41ClN8O7S/c1-21-22(2)57-40-33(21)35(24-11-13-25(41)14-12-24)44-27(36-47-46-23(3)48(36)40)19-31(51)42-17-6-4-5-7-18-43-32(52)20-56-29-10-8-9-26-34(29)39(55)49(38(26)54)28-15-16-30(50)45-37(28)53/h8-14,27-28H,4-7,15-20H2,1-3H3,(H,42,51)(H,43,52)(H,45,50,53)/t27-,28?/m1/s1. The van der Waals surface area contributed by atoms with E-state index in [-0.39, 0.29) is 48.7 Å². The lowest BCUT2D eigenvalue weighted by Crippen LogP contribution is -2.54. The van der Waals surface area contributed by atoms with E-state index in [1.54, 1.807) is 11.3 Å². The van der Waals surface area contributed by atoms with Crippen molar-refractivity contribution in [3.05, 3.63) is 91.8 Å². The number of hydrogen-bond donors (Lipinski definition) is 3. The van der Waals surface area contributed by atoms with Crippen LogP contribution in [0, 0.1) is 20.8 Å². The van der Waals surface area contributed by atoms with Crippen LogP contribution in [-0.4, -0.2) is 86.6 Å². The second kappa shape index (κ2) is 16.8. The first-order chi connectivity index (χ1) is 27.4. The Morgan fingerprint density at radius 3 is 2.35 bits per heavy atom. The molecule has 3 aliphatic heterocycles. The van der Waals surface area contributed by atoms with E-state index in [1.807, 2.05) is 35.8 Å². The maximum atomic E-state index is 13.3. The van der Waals surface area contributed by atoms with Crippen LogP contribution in [0.4, 0.5) is 0 Å². The first-order valence-corrected chi connectivity index (χ1v) is 20.0. The number of fused-ring (bicyclic) bond motifs is 4. The normalized spacial score (nSPS) is 17.3. The summed E-state index contributed by atoms with van der Waals surface area (Å²) in [5.74, 6) is -1.66. The molecule has 0 aliphatic carbocycles. The SMILES string of the molecule is Cc1sc2c(c1C)C(c1ccc(Cl)cc1)=N[C@H](CC(=O)NCCCCCCNC(=O)COc1cccc3c1C(=O)N(C1CCC(=O)NC1=O)C3=O)c1nnc(C)n1-2. The zero-order valence-corrected chi connectivity index (χ0v) is 33.2. The number of ether oxygens (including phenoxy) is 1. The van der Waals surface area contributed by atoms with Gasteiger partial charge >= 0.3 is 0 Å². The molecule has 1 fully saturated rings. The number of halogens is 1. The molecule has 6 amide bonds. The van der Waals surface area contributed by atoms with Crippen molar-refractivity contribution < 1.29 is 33.5 Å². The number of amides is 6. The first-order valence-electron chi connectivity index (χ1n) is 18.8. The lowest BCUT2D eigenvalue weighted by atomic mass is 9.99. The van der Waals surface area contributed by atoms with Crippen molar-refractivity contribution >= 4 is 64.1 Å². The van der Waals surface area contributed by atoms with Gasteiger partial charge in [-0.2, -0.15) is 0 Å². The second-order valence-electron chi connectivity index (χ2n) is 14.1. The molecule has 1 saturated heterocycles. The Bertz CT molecular complexity index is 2320. The first kappa shape index (κ1) is 39.5. The van der Waals surface area contributed by atoms with Crippen LogP contribution >= 0.6 is 22.9 Å². The van der Waals surface area contributed by atoms with E-state index >= 15 is 0 Å². The van der Waals surface area contributed by atoms with Crippen molar-refractivity contribution in [1.82, 2.24) is 35.6 Å². The second-order valence-corrected chi connectivity index (χ2v) is 15.8. The fourth-order valence-corrected chi connectivity index (χ4v) is 8.58. The van der Waals surface area contributed by atoms with Gasteiger partial charge in [-0.1, -0.05) is 42.6 Å². The summed E-state index contributed by atoms with van der Waals surface area (Å²) >= 11 is 7.87. The molecule has 7 rings (SSSR count). The number of carbonyl (C=O) groups excluding carboxylic acids is 6. The van der Waals surface area contributed by atoms with Gasteiger partial charge in [0, 0.05) is 40.5 Å². The number of aliphatic imine (C=N–C) groups is 1. The number of aryl methyl sites for hydroxylation is 2. The summed E-state index contributed by atoms with van der Waals surface area (Å²) in [6, 6.07) is 10.4. The number of aromatic nitrogens is 3. The highest BCUT2D eigenvalue weighted by Gasteiger charge is 2.46. The number of thiophene rings is 1. The third-order valence-electron chi connectivity index (χ3n) is 10.3. The third kappa shape index (κ3) is 8.09. The van der Waals surface area contributed by atoms with E-state index in [0.717, 1.165) is 57.4 Å². The van der Waals surface area contributed by atoms with Crippen LogP contribution in [0.1, 0.15) is 105 Å². The quantitative estimate of drug-likeness (QED) is 0.122. The van der Waals surface area contributed by atoms with Crippen molar-refractivity contribution in [3.63, 3.8) is 0 Å². The number of nitrogens with one attached hydrogen (secondary N) is 3. The highest BCUT2D eigenvalue weighted by atomic mass is 35.5. The van der Waals surface area contributed by atoms with Crippen LogP contribution in [0.15, 0.2) is 47.5 Å². The van der Waals surface area contributed by atoms with Crippen LogP contribution in [0.2, 0.25) is 5.02 Å². The number of hydrogen-bond acceptors (Lipinski definition) is 11. The molecule has 17 heteroatoms. The topological polar surface area (TPSA) is 194 Å². The lowest BCUT2D eigenvalue weighted by molar-refractivity contribution is -0.136. The number of nitrogens with zero attached hydrogens (tertiary/aromatic N) is 5. The van der Waals surface area contributed by atoms with Crippen LogP contribution in [0.25, 0.3) is 5.00 Å². The minimum atomic E-state index is -1.10. The maximum Gasteiger partial charge on any atom is 0.266 e. The Balaban J connectivity index is 0.855. The minimum Gasteiger partial charge on any atom is -0.483 e. The Labute approximate surface area is 337 Å². The summed E-state index contributed by atoms with van der Waals surface area (Å²) in [6.07, 6.45) is 3.25. The van der Waals surface area contributed by atoms with E-state index in [0.29, 0.717) is 30.4 Å². The van der Waals surface area contributed by atoms with Crippen molar-refractivity contribution in [2.75, 3.05) is 19.7 Å². The summed E-state index contributed by atoms with van der Waals surface area (Å²) in [5.41, 5.74) is 3.87. The smallest absolute Gasteiger partial charge is 0.266 e. The van der Waals surface area contributed by atoms with Crippen LogP contribution in [0.5, 0.6) is 5.75 Å². The van der Waals surface area contributed by atoms with Crippen molar-refractivity contribution in [3.8, 4) is 10.8 Å². The van der Waals surface area contributed by atoms with E-state index in [1.165, 1.54) is 23.1 Å². The van der Waals surface area contributed by atoms with Crippen LogP contribution < -0.4 is 20.7 Å². The molecule has 0 radical (unpaired) electrons. The average Bonchev–Trinajstić information content (AvgIpc) is 3.76. The van der Waals surface area contributed by atoms with Crippen LogP contribution in [0.3, 0.4) is 0 Å². The van der Waals surface area contributed by atoms with E-state index < -0.39 is 41.6 Å². The van der Waals surface area contributed by atoms with Gasteiger partial charge in [-0.15, -0.1) is 21.5 Å². The van der Waals surface area contributed by atoms with Gasteiger partial charge < -0.3 is 15.4 Å². The largest absolute Gasteiger partial charge is 0.483 e. The molecule has 57 heavy (non-hydrogen) atoms. The number of rotatable bonds is 14. The average molecular weight is 813 g/mol. The minimum absolute atomic E-state index is 0.0108. The highest BCUT2D eigenvalue weighted by Crippen LogP contribution is 2.40. The molecule has 4 aromatic rings. The lowest BCUT2D eigenvalue weighted by Gasteiger charge is -2.27. The summed E-state index contributed by atoms with van der Waals surface area (Å²) in [7, 11) is 0. The van der Waals surface area contributed by atoms with Gasteiger partial charge in [-0.05, 0) is 69.9 Å². The van der Waals surface area contributed by atoms with Crippen molar-refractivity contribution in [2.45, 2.75) is 77.8 Å². The summed E-state index contributed by atoms with van der Waals surface area (Å²) in [4.78, 5) is 83.2. The molecule has 296 valence electrons. The Morgan fingerprint density at radius 1 is 0.912 bits per heavy atom. The summed E-state index contributed by atoms with van der Waals surface area (Å²) in [5, 5.41) is 18.4. The predicted molar refractivity (Wildman–Crippen MR) is 211 cm³/mol. The zero-order chi connectivity index (χ0) is 40.4. The fraction of sp³-hybridized carbons (Fsp3) is 0.375. The molecule has 1 unspecified atom stereocenters. The van der Waals surface area contributed by atoms with Gasteiger partial charge in [0.15, 0.2) is 12.4 Å². The number of benzene rings is 2. The molecule has 2 aromatic heterocycles. The van der Waals surface area contributed by atoms with E-state index in [2.05, 4.69) is 40.0 Å². The Hall–Kier alpha value is -5.74. The predicted octanol–water partition coefficient (Wildman–Crippen LogP) is 4.46. The van der Waals surface area contributed by atoms with Crippen LogP contribution in [-0.2, 0) is 19.2 Å². The molecule has 3 aliphatic rings. The Kier molecular flexibility index (Phi) is 11.6. The number of unbranched alkanes of at least 4 members (excludes halogenated alkanes) is 3.